The molecule has 3 N–H and O–H groups in total. The van der Waals surface area contributed by atoms with Crippen molar-refractivity contribution in [3.63, 3.8) is 0 Å². The largest absolute Gasteiger partial charge is 0.366 e. The molecule has 0 bridgehead atoms. The van der Waals surface area contributed by atoms with Gasteiger partial charge in [0, 0.05) is 30.9 Å². The highest BCUT2D eigenvalue weighted by Gasteiger charge is 2.29. The first kappa shape index (κ1) is 13.4. The van der Waals surface area contributed by atoms with Crippen LogP contribution in [-0.4, -0.2) is 36.6 Å². The molecule has 2 unspecified atom stereocenters. The van der Waals surface area contributed by atoms with Crippen molar-refractivity contribution in [2.75, 3.05) is 24.5 Å². The van der Waals surface area contributed by atoms with E-state index in [1.165, 1.54) is 25.7 Å². The Morgan fingerprint density at radius 3 is 3.05 bits per heavy atom. The molecule has 0 radical (unpaired) electrons. The summed E-state index contributed by atoms with van der Waals surface area (Å²) >= 11 is 0. The van der Waals surface area contributed by atoms with Gasteiger partial charge in [0.1, 0.15) is 5.82 Å². The molecule has 2 saturated heterocycles. The second kappa shape index (κ2) is 5.79. The number of nitrogens with two attached hydrogens (primary N) is 1. The molecule has 1 aromatic heterocycles. The number of carbonyl (C=O) groups is 1. The van der Waals surface area contributed by atoms with E-state index in [0.29, 0.717) is 17.5 Å². The maximum absolute atomic E-state index is 11.3. The van der Waals surface area contributed by atoms with Crippen molar-refractivity contribution in [2.24, 2.45) is 11.7 Å². The van der Waals surface area contributed by atoms with Crippen LogP contribution in [-0.2, 0) is 0 Å². The van der Waals surface area contributed by atoms with E-state index in [-0.39, 0.29) is 5.91 Å². The highest BCUT2D eigenvalue weighted by atomic mass is 16.1. The monoisotopic (exact) mass is 274 g/mol. The molecule has 2 aliphatic rings. The predicted octanol–water partition coefficient (Wildman–Crippen LogP) is 1.15. The van der Waals surface area contributed by atoms with Crippen molar-refractivity contribution in [1.82, 2.24) is 10.3 Å². The smallest absolute Gasteiger partial charge is 0.248 e. The summed E-state index contributed by atoms with van der Waals surface area (Å²) < 4.78 is 0. The second-order valence-corrected chi connectivity index (χ2v) is 5.82. The Bertz CT molecular complexity index is 485. The number of carbonyl (C=O) groups excluding carboxylic acids is 1. The summed E-state index contributed by atoms with van der Waals surface area (Å²) in [7, 11) is 0. The van der Waals surface area contributed by atoms with Crippen LogP contribution in [0.25, 0.3) is 0 Å². The normalized spacial score (nSPS) is 26.7. The van der Waals surface area contributed by atoms with Gasteiger partial charge in [0.15, 0.2) is 0 Å². The number of nitrogens with zero attached hydrogens (tertiary/aromatic N) is 2. The van der Waals surface area contributed by atoms with E-state index in [1.807, 2.05) is 6.07 Å². The molecule has 20 heavy (non-hydrogen) atoms. The third-order valence-electron chi connectivity index (χ3n) is 4.48. The van der Waals surface area contributed by atoms with Gasteiger partial charge in [0.05, 0.1) is 0 Å². The minimum absolute atomic E-state index is 0.389. The molecule has 3 rings (SSSR count). The molecular weight excluding hydrogens is 252 g/mol. The zero-order chi connectivity index (χ0) is 13.9. The zero-order valence-electron chi connectivity index (χ0n) is 11.7. The fourth-order valence-electron chi connectivity index (χ4n) is 3.40. The molecule has 0 aliphatic carbocycles. The first-order valence-corrected chi connectivity index (χ1v) is 7.48. The minimum atomic E-state index is -0.389. The van der Waals surface area contributed by atoms with Crippen LogP contribution in [0.3, 0.4) is 0 Å². The fourth-order valence-corrected chi connectivity index (χ4v) is 3.40. The van der Waals surface area contributed by atoms with E-state index in [9.17, 15) is 4.79 Å². The van der Waals surface area contributed by atoms with E-state index in [1.54, 1.807) is 12.3 Å². The summed E-state index contributed by atoms with van der Waals surface area (Å²) in [6, 6.07) is 4.13. The number of pyridine rings is 1. The van der Waals surface area contributed by atoms with Crippen LogP contribution in [0.5, 0.6) is 0 Å². The molecule has 1 amide bonds. The van der Waals surface area contributed by atoms with Gasteiger partial charge in [-0.2, -0.15) is 0 Å². The number of nitrogens with one attached hydrogen (secondary N) is 1. The van der Waals surface area contributed by atoms with Gasteiger partial charge in [-0.05, 0) is 50.3 Å². The van der Waals surface area contributed by atoms with Gasteiger partial charge in [-0.15, -0.1) is 0 Å². The zero-order valence-corrected chi connectivity index (χ0v) is 11.7. The first-order valence-electron chi connectivity index (χ1n) is 7.48. The highest BCUT2D eigenvalue weighted by molar-refractivity contribution is 5.93. The molecule has 108 valence electrons. The third-order valence-corrected chi connectivity index (χ3v) is 4.48. The van der Waals surface area contributed by atoms with E-state index < -0.39 is 0 Å². The average molecular weight is 274 g/mol. The average Bonchev–Trinajstić information content (AvgIpc) is 3.02. The predicted molar refractivity (Wildman–Crippen MR) is 78.7 cm³/mol. The topological polar surface area (TPSA) is 71.2 Å². The summed E-state index contributed by atoms with van der Waals surface area (Å²) in [5.41, 5.74) is 5.88. The van der Waals surface area contributed by atoms with E-state index in [2.05, 4.69) is 15.2 Å². The molecule has 5 heteroatoms. The molecule has 2 fully saturated rings. The van der Waals surface area contributed by atoms with Crippen molar-refractivity contribution in [3.05, 3.63) is 23.9 Å². The van der Waals surface area contributed by atoms with E-state index in [4.69, 9.17) is 5.73 Å². The second-order valence-electron chi connectivity index (χ2n) is 5.82. The SMILES string of the molecule is NC(=O)c1ccnc(N2CCCC(C3CCCN3)C2)c1. The number of rotatable bonds is 3. The van der Waals surface area contributed by atoms with Crippen LogP contribution in [0, 0.1) is 5.92 Å². The Morgan fingerprint density at radius 2 is 2.30 bits per heavy atom. The number of hydrogen-bond acceptors (Lipinski definition) is 4. The van der Waals surface area contributed by atoms with Crippen LogP contribution in [0.1, 0.15) is 36.0 Å². The van der Waals surface area contributed by atoms with Crippen LogP contribution in [0.15, 0.2) is 18.3 Å². The van der Waals surface area contributed by atoms with Gasteiger partial charge in [0.2, 0.25) is 5.91 Å². The molecule has 5 nitrogen and oxygen atoms in total. The van der Waals surface area contributed by atoms with Gasteiger partial charge in [-0.1, -0.05) is 0 Å². The van der Waals surface area contributed by atoms with Crippen LogP contribution < -0.4 is 16.0 Å². The van der Waals surface area contributed by atoms with Crippen molar-refractivity contribution in [1.29, 1.82) is 0 Å². The third kappa shape index (κ3) is 2.77. The number of anilines is 1. The number of aromatic nitrogens is 1. The van der Waals surface area contributed by atoms with Gasteiger partial charge in [-0.25, -0.2) is 4.98 Å². The lowest BCUT2D eigenvalue weighted by Gasteiger charge is -2.36. The molecule has 2 atom stereocenters. The molecule has 0 aromatic carbocycles. The van der Waals surface area contributed by atoms with Gasteiger partial charge < -0.3 is 16.0 Å². The summed E-state index contributed by atoms with van der Waals surface area (Å²) in [4.78, 5) is 18.0. The number of primary amides is 1. The maximum Gasteiger partial charge on any atom is 0.248 e. The summed E-state index contributed by atoms with van der Waals surface area (Å²) in [5.74, 6) is 1.17. The highest BCUT2D eigenvalue weighted by Crippen LogP contribution is 2.27. The fraction of sp³-hybridized carbons (Fsp3) is 0.600. The van der Waals surface area contributed by atoms with Crippen LogP contribution in [0.2, 0.25) is 0 Å². The quantitative estimate of drug-likeness (QED) is 0.867. The van der Waals surface area contributed by atoms with Crippen LogP contribution in [0.4, 0.5) is 5.82 Å². The summed E-state index contributed by atoms with van der Waals surface area (Å²) in [6.07, 6.45) is 6.71. The Kier molecular flexibility index (Phi) is 3.87. The van der Waals surface area contributed by atoms with Gasteiger partial charge in [0.25, 0.3) is 0 Å². The lowest BCUT2D eigenvalue weighted by atomic mass is 9.90. The Balaban J connectivity index is 1.72. The molecule has 1 aromatic rings. The van der Waals surface area contributed by atoms with E-state index >= 15 is 0 Å². The standard InChI is InChI=1S/C15H22N4O/c16-15(20)11-5-7-18-14(9-11)19-8-2-3-12(10-19)13-4-1-6-17-13/h5,7,9,12-13,17H,1-4,6,8,10H2,(H2,16,20). The molecule has 2 aliphatic heterocycles. The molecule has 0 saturated carbocycles. The molecular formula is C15H22N4O. The van der Waals surface area contributed by atoms with Crippen molar-refractivity contribution in [2.45, 2.75) is 31.7 Å². The van der Waals surface area contributed by atoms with Crippen molar-refractivity contribution in [3.8, 4) is 0 Å². The van der Waals surface area contributed by atoms with Gasteiger partial charge >= 0.3 is 0 Å². The Hall–Kier alpha value is -1.62. The van der Waals surface area contributed by atoms with Crippen molar-refractivity contribution < 1.29 is 4.79 Å². The minimum Gasteiger partial charge on any atom is -0.366 e. The maximum atomic E-state index is 11.3. The lowest BCUT2D eigenvalue weighted by Crippen LogP contribution is -2.43. The Labute approximate surface area is 119 Å². The van der Waals surface area contributed by atoms with Gasteiger partial charge in [-0.3, -0.25) is 4.79 Å². The van der Waals surface area contributed by atoms with E-state index in [0.717, 1.165) is 25.5 Å². The Morgan fingerprint density at radius 1 is 1.40 bits per heavy atom. The first-order chi connectivity index (χ1) is 9.74. The molecule has 3 heterocycles. The van der Waals surface area contributed by atoms with Crippen molar-refractivity contribution >= 4 is 11.7 Å². The van der Waals surface area contributed by atoms with Crippen LogP contribution >= 0.6 is 0 Å². The number of piperidine rings is 1. The summed E-state index contributed by atoms with van der Waals surface area (Å²) in [6.45, 7) is 3.18. The number of hydrogen-bond donors (Lipinski definition) is 2. The summed E-state index contributed by atoms with van der Waals surface area (Å²) in [5, 5.41) is 3.61. The molecule has 0 spiro atoms. The number of amides is 1. The lowest BCUT2D eigenvalue weighted by molar-refractivity contribution is 0.1000.